The third-order valence-corrected chi connectivity index (χ3v) is 3.95. The summed E-state index contributed by atoms with van der Waals surface area (Å²) in [6, 6.07) is 0.213. The first-order valence-electron chi connectivity index (χ1n) is 5.62. The Hall–Kier alpha value is -0.260. The van der Waals surface area contributed by atoms with Crippen LogP contribution in [0.2, 0.25) is 0 Å². The molecule has 0 spiro atoms. The monoisotopic (exact) mass is 246 g/mol. The van der Waals surface area contributed by atoms with Crippen LogP contribution in [0.5, 0.6) is 0 Å². The highest BCUT2D eigenvalue weighted by Gasteiger charge is 2.32. The number of ether oxygens (including phenoxy) is 1. The SMILES string of the molecule is COC1CNC(C(=O)N(C)C(C)CSC)C1. The fourth-order valence-corrected chi connectivity index (χ4v) is 2.59. The molecule has 0 aromatic rings. The minimum atomic E-state index is -0.0701. The molecule has 94 valence electrons. The summed E-state index contributed by atoms with van der Waals surface area (Å²) in [5.74, 6) is 1.16. The number of methoxy groups -OCH3 is 1. The highest BCUT2D eigenvalue weighted by atomic mass is 32.2. The zero-order valence-electron chi connectivity index (χ0n) is 10.5. The number of likely N-dealkylation sites (N-methyl/N-ethyl adjacent to an activating group) is 1. The Balaban J connectivity index is 2.45. The molecule has 1 N–H and O–H groups in total. The summed E-state index contributed by atoms with van der Waals surface area (Å²) >= 11 is 1.76. The third kappa shape index (κ3) is 3.37. The minimum absolute atomic E-state index is 0.0701. The van der Waals surface area contributed by atoms with Gasteiger partial charge in [-0.3, -0.25) is 4.79 Å². The van der Waals surface area contributed by atoms with Crippen molar-refractivity contribution in [3.05, 3.63) is 0 Å². The minimum Gasteiger partial charge on any atom is -0.380 e. The smallest absolute Gasteiger partial charge is 0.239 e. The van der Waals surface area contributed by atoms with Gasteiger partial charge in [-0.15, -0.1) is 0 Å². The van der Waals surface area contributed by atoms with Crippen LogP contribution in [-0.2, 0) is 9.53 Å². The Morgan fingerprint density at radius 1 is 1.69 bits per heavy atom. The number of hydrogen-bond donors (Lipinski definition) is 1. The van der Waals surface area contributed by atoms with E-state index < -0.39 is 0 Å². The second kappa shape index (κ2) is 6.47. The molecule has 1 fully saturated rings. The lowest BCUT2D eigenvalue weighted by molar-refractivity contribution is -0.133. The van der Waals surface area contributed by atoms with Crippen molar-refractivity contribution in [1.82, 2.24) is 10.2 Å². The van der Waals surface area contributed by atoms with Crippen LogP contribution in [0.25, 0.3) is 0 Å². The predicted octanol–water partition coefficient (Wildman–Crippen LogP) is 0.573. The van der Waals surface area contributed by atoms with Gasteiger partial charge in [-0.1, -0.05) is 0 Å². The average Bonchev–Trinajstić information content (AvgIpc) is 2.75. The van der Waals surface area contributed by atoms with Gasteiger partial charge in [0.1, 0.15) is 0 Å². The second-order valence-electron chi connectivity index (χ2n) is 4.31. The molecule has 1 heterocycles. The van der Waals surface area contributed by atoms with E-state index in [9.17, 15) is 4.79 Å². The van der Waals surface area contributed by atoms with Gasteiger partial charge in [0.15, 0.2) is 0 Å². The summed E-state index contributed by atoms with van der Waals surface area (Å²) in [5.41, 5.74) is 0. The number of amides is 1. The highest BCUT2D eigenvalue weighted by molar-refractivity contribution is 7.98. The number of nitrogens with one attached hydrogen (secondary N) is 1. The van der Waals surface area contributed by atoms with Crippen LogP contribution in [0.15, 0.2) is 0 Å². The van der Waals surface area contributed by atoms with Crippen molar-refractivity contribution >= 4 is 17.7 Å². The maximum Gasteiger partial charge on any atom is 0.239 e. The van der Waals surface area contributed by atoms with Crippen LogP contribution in [0, 0.1) is 0 Å². The van der Waals surface area contributed by atoms with Crippen molar-refractivity contribution in [2.45, 2.75) is 31.5 Å². The van der Waals surface area contributed by atoms with Crippen molar-refractivity contribution in [1.29, 1.82) is 0 Å². The molecule has 0 saturated carbocycles. The van der Waals surface area contributed by atoms with E-state index in [-0.39, 0.29) is 24.1 Å². The molecule has 0 aromatic heterocycles. The molecule has 3 unspecified atom stereocenters. The zero-order valence-corrected chi connectivity index (χ0v) is 11.3. The van der Waals surface area contributed by atoms with E-state index in [0.717, 1.165) is 18.7 Å². The first-order valence-corrected chi connectivity index (χ1v) is 7.01. The number of nitrogens with zero attached hydrogens (tertiary/aromatic N) is 1. The van der Waals surface area contributed by atoms with E-state index in [1.54, 1.807) is 18.9 Å². The molecule has 1 aliphatic rings. The predicted molar refractivity (Wildman–Crippen MR) is 67.8 cm³/mol. The van der Waals surface area contributed by atoms with E-state index in [2.05, 4.69) is 18.5 Å². The van der Waals surface area contributed by atoms with Crippen LogP contribution in [0.3, 0.4) is 0 Å². The van der Waals surface area contributed by atoms with Crippen molar-refractivity contribution in [2.24, 2.45) is 0 Å². The van der Waals surface area contributed by atoms with Crippen LogP contribution < -0.4 is 5.32 Å². The number of rotatable bonds is 5. The fourth-order valence-electron chi connectivity index (χ4n) is 1.89. The van der Waals surface area contributed by atoms with Gasteiger partial charge in [-0.2, -0.15) is 11.8 Å². The highest BCUT2D eigenvalue weighted by Crippen LogP contribution is 2.13. The van der Waals surface area contributed by atoms with Crippen LogP contribution in [0.1, 0.15) is 13.3 Å². The molecule has 1 rings (SSSR count). The normalized spacial score (nSPS) is 26.8. The Morgan fingerprint density at radius 2 is 2.38 bits per heavy atom. The summed E-state index contributed by atoms with van der Waals surface area (Å²) in [4.78, 5) is 14.0. The van der Waals surface area contributed by atoms with Gasteiger partial charge in [0, 0.05) is 32.5 Å². The van der Waals surface area contributed by atoms with Crippen molar-refractivity contribution < 1.29 is 9.53 Å². The molecular formula is C11H22N2O2S. The van der Waals surface area contributed by atoms with Crippen LogP contribution in [0.4, 0.5) is 0 Å². The molecule has 1 saturated heterocycles. The Labute approximate surface area is 102 Å². The first-order chi connectivity index (χ1) is 7.60. The average molecular weight is 246 g/mol. The lowest BCUT2D eigenvalue weighted by Gasteiger charge is -2.27. The Kier molecular flexibility index (Phi) is 5.58. The second-order valence-corrected chi connectivity index (χ2v) is 5.22. The van der Waals surface area contributed by atoms with Crippen molar-refractivity contribution in [3.8, 4) is 0 Å². The molecule has 0 radical (unpaired) electrons. The van der Waals surface area contributed by atoms with Gasteiger partial charge < -0.3 is 15.0 Å². The summed E-state index contributed by atoms with van der Waals surface area (Å²) in [6.45, 7) is 2.86. The molecular weight excluding hydrogens is 224 g/mol. The van der Waals surface area contributed by atoms with Crippen molar-refractivity contribution in [2.75, 3.05) is 32.7 Å². The molecule has 3 atom stereocenters. The molecule has 1 amide bonds. The summed E-state index contributed by atoms with van der Waals surface area (Å²) in [6.07, 6.45) is 3.02. The Morgan fingerprint density at radius 3 is 2.88 bits per heavy atom. The molecule has 1 aliphatic heterocycles. The van der Waals surface area contributed by atoms with E-state index in [1.807, 2.05) is 11.9 Å². The number of thioether (sulfide) groups is 1. The molecule has 5 heteroatoms. The van der Waals surface area contributed by atoms with Crippen molar-refractivity contribution in [3.63, 3.8) is 0 Å². The van der Waals surface area contributed by atoms with Gasteiger partial charge in [0.05, 0.1) is 12.1 Å². The molecule has 0 aromatic carbocycles. The van der Waals surface area contributed by atoms with Crippen LogP contribution >= 0.6 is 11.8 Å². The first kappa shape index (κ1) is 13.8. The van der Waals surface area contributed by atoms with E-state index in [4.69, 9.17) is 4.74 Å². The summed E-state index contributed by atoms with van der Waals surface area (Å²) in [7, 11) is 3.57. The molecule has 4 nitrogen and oxygen atoms in total. The molecule has 0 bridgehead atoms. The van der Waals surface area contributed by atoms with Gasteiger partial charge in [0.25, 0.3) is 0 Å². The van der Waals surface area contributed by atoms with Gasteiger partial charge in [-0.05, 0) is 19.6 Å². The van der Waals surface area contributed by atoms with E-state index >= 15 is 0 Å². The van der Waals surface area contributed by atoms with Gasteiger partial charge in [-0.25, -0.2) is 0 Å². The summed E-state index contributed by atoms with van der Waals surface area (Å²) in [5, 5.41) is 3.21. The van der Waals surface area contributed by atoms with E-state index in [0.29, 0.717) is 0 Å². The third-order valence-electron chi connectivity index (χ3n) is 3.14. The fraction of sp³-hybridized carbons (Fsp3) is 0.909. The standard InChI is InChI=1S/C11H22N2O2S/c1-8(7-16-4)13(2)11(14)10-5-9(15-3)6-12-10/h8-10,12H,5-7H2,1-4H3. The molecule has 0 aliphatic carbocycles. The summed E-state index contributed by atoms with van der Waals surface area (Å²) < 4.78 is 5.24. The largest absolute Gasteiger partial charge is 0.380 e. The number of hydrogen-bond acceptors (Lipinski definition) is 4. The maximum atomic E-state index is 12.1. The number of carbonyl (C=O) groups excluding carboxylic acids is 1. The zero-order chi connectivity index (χ0) is 12.1. The lowest BCUT2D eigenvalue weighted by Crippen LogP contribution is -2.46. The van der Waals surface area contributed by atoms with E-state index in [1.165, 1.54) is 0 Å². The number of carbonyl (C=O) groups is 1. The Bertz CT molecular complexity index is 234. The molecule has 16 heavy (non-hydrogen) atoms. The lowest BCUT2D eigenvalue weighted by atomic mass is 10.1. The quantitative estimate of drug-likeness (QED) is 0.770. The van der Waals surface area contributed by atoms with Crippen LogP contribution in [-0.4, -0.2) is 61.7 Å². The van der Waals surface area contributed by atoms with Gasteiger partial charge >= 0.3 is 0 Å². The topological polar surface area (TPSA) is 41.6 Å². The maximum absolute atomic E-state index is 12.1. The van der Waals surface area contributed by atoms with Gasteiger partial charge in [0.2, 0.25) is 5.91 Å².